The molecule has 76 valence electrons. The molecule has 0 aromatic carbocycles. The molecule has 0 aromatic rings. The predicted molar refractivity (Wildman–Crippen MR) is 51.5 cm³/mol. The fourth-order valence-electron chi connectivity index (χ4n) is 1.88. The lowest BCUT2D eigenvalue weighted by Gasteiger charge is -2.19. The topological polar surface area (TPSA) is 38.3 Å². The Kier molecular flexibility index (Phi) is 4.22. The van der Waals surface area contributed by atoms with Crippen molar-refractivity contribution < 1.29 is 9.53 Å². The standard InChI is InChI=1S/C10H19NO2/c1-3-5-10(12)11-8-6-4-7-9(8)13-2/h8-9H,3-7H2,1-2H3,(H,11,12). The van der Waals surface area contributed by atoms with Crippen molar-refractivity contribution in [2.24, 2.45) is 0 Å². The Bertz CT molecular complexity index is 170. The van der Waals surface area contributed by atoms with Crippen molar-refractivity contribution >= 4 is 5.91 Å². The Morgan fingerprint density at radius 3 is 2.92 bits per heavy atom. The van der Waals surface area contributed by atoms with Gasteiger partial charge in [0.15, 0.2) is 0 Å². The summed E-state index contributed by atoms with van der Waals surface area (Å²) in [7, 11) is 1.72. The van der Waals surface area contributed by atoms with Crippen LogP contribution in [0.3, 0.4) is 0 Å². The van der Waals surface area contributed by atoms with Crippen LogP contribution in [-0.4, -0.2) is 25.2 Å². The smallest absolute Gasteiger partial charge is 0.220 e. The highest BCUT2D eigenvalue weighted by Crippen LogP contribution is 2.21. The van der Waals surface area contributed by atoms with Crippen molar-refractivity contribution in [3.05, 3.63) is 0 Å². The molecule has 1 aliphatic rings. The van der Waals surface area contributed by atoms with Crippen LogP contribution in [0.4, 0.5) is 0 Å². The van der Waals surface area contributed by atoms with Crippen LogP contribution in [0.15, 0.2) is 0 Å². The summed E-state index contributed by atoms with van der Waals surface area (Å²) in [6.45, 7) is 2.02. The van der Waals surface area contributed by atoms with E-state index < -0.39 is 0 Å². The fraction of sp³-hybridized carbons (Fsp3) is 0.900. The zero-order chi connectivity index (χ0) is 9.68. The molecule has 2 atom stereocenters. The molecular formula is C10H19NO2. The summed E-state index contributed by atoms with van der Waals surface area (Å²) in [5.74, 6) is 0.163. The molecule has 0 bridgehead atoms. The Morgan fingerprint density at radius 1 is 1.54 bits per heavy atom. The second kappa shape index (κ2) is 5.22. The van der Waals surface area contributed by atoms with E-state index in [0.29, 0.717) is 6.42 Å². The first-order chi connectivity index (χ1) is 6.27. The molecule has 0 heterocycles. The molecule has 2 unspecified atom stereocenters. The van der Waals surface area contributed by atoms with Gasteiger partial charge in [0.1, 0.15) is 0 Å². The quantitative estimate of drug-likeness (QED) is 0.720. The molecule has 1 saturated carbocycles. The number of carbonyl (C=O) groups is 1. The molecular weight excluding hydrogens is 166 g/mol. The summed E-state index contributed by atoms with van der Waals surface area (Å²) < 4.78 is 5.29. The van der Waals surface area contributed by atoms with Gasteiger partial charge in [0.05, 0.1) is 12.1 Å². The van der Waals surface area contributed by atoms with Gasteiger partial charge in [-0.25, -0.2) is 0 Å². The third-order valence-corrected chi connectivity index (χ3v) is 2.58. The summed E-state index contributed by atoms with van der Waals surface area (Å²) in [6.07, 6.45) is 5.08. The van der Waals surface area contributed by atoms with Gasteiger partial charge in [-0.1, -0.05) is 6.92 Å². The third kappa shape index (κ3) is 2.99. The molecule has 3 heteroatoms. The van der Waals surface area contributed by atoms with Crippen molar-refractivity contribution in [1.82, 2.24) is 5.32 Å². The normalized spacial score (nSPS) is 27.5. The number of hydrogen-bond acceptors (Lipinski definition) is 2. The number of carbonyl (C=O) groups excluding carboxylic acids is 1. The predicted octanol–water partition coefficient (Wildman–Crippen LogP) is 1.47. The molecule has 1 rings (SSSR count). The molecule has 0 aliphatic heterocycles. The third-order valence-electron chi connectivity index (χ3n) is 2.58. The maximum Gasteiger partial charge on any atom is 0.220 e. The van der Waals surface area contributed by atoms with E-state index in [-0.39, 0.29) is 18.1 Å². The molecule has 3 nitrogen and oxygen atoms in total. The molecule has 0 spiro atoms. The Labute approximate surface area is 79.8 Å². The van der Waals surface area contributed by atoms with Gasteiger partial charge in [-0.3, -0.25) is 4.79 Å². The minimum atomic E-state index is 0.163. The zero-order valence-electron chi connectivity index (χ0n) is 8.51. The van der Waals surface area contributed by atoms with E-state index in [4.69, 9.17) is 4.74 Å². The van der Waals surface area contributed by atoms with Crippen molar-refractivity contribution in [3.8, 4) is 0 Å². The minimum Gasteiger partial charge on any atom is -0.379 e. The van der Waals surface area contributed by atoms with Gasteiger partial charge < -0.3 is 10.1 Å². The summed E-state index contributed by atoms with van der Waals surface area (Å²) in [4.78, 5) is 11.3. The zero-order valence-corrected chi connectivity index (χ0v) is 8.51. The van der Waals surface area contributed by atoms with Crippen molar-refractivity contribution in [3.63, 3.8) is 0 Å². The second-order valence-electron chi connectivity index (χ2n) is 3.63. The summed E-state index contributed by atoms with van der Waals surface area (Å²) in [5.41, 5.74) is 0. The van der Waals surface area contributed by atoms with Crippen LogP contribution in [-0.2, 0) is 9.53 Å². The van der Waals surface area contributed by atoms with Crippen LogP contribution in [0.5, 0.6) is 0 Å². The number of amides is 1. The van der Waals surface area contributed by atoms with Crippen molar-refractivity contribution in [2.45, 2.75) is 51.2 Å². The number of nitrogens with one attached hydrogen (secondary N) is 1. The summed E-state index contributed by atoms with van der Waals surface area (Å²) >= 11 is 0. The lowest BCUT2D eigenvalue weighted by atomic mass is 10.2. The van der Waals surface area contributed by atoms with Gasteiger partial charge in [0.25, 0.3) is 0 Å². The van der Waals surface area contributed by atoms with Gasteiger partial charge in [-0.05, 0) is 25.7 Å². The Hall–Kier alpha value is -0.570. The Morgan fingerprint density at radius 2 is 2.31 bits per heavy atom. The number of hydrogen-bond donors (Lipinski definition) is 1. The molecule has 0 aromatic heterocycles. The highest BCUT2D eigenvalue weighted by molar-refractivity contribution is 5.76. The monoisotopic (exact) mass is 185 g/mol. The number of methoxy groups -OCH3 is 1. The van der Waals surface area contributed by atoms with Crippen LogP contribution in [0.25, 0.3) is 0 Å². The molecule has 1 fully saturated rings. The van der Waals surface area contributed by atoms with E-state index in [1.807, 2.05) is 6.92 Å². The van der Waals surface area contributed by atoms with Gasteiger partial charge in [0, 0.05) is 13.5 Å². The first-order valence-corrected chi connectivity index (χ1v) is 5.10. The van der Waals surface area contributed by atoms with Crippen molar-refractivity contribution in [1.29, 1.82) is 0 Å². The minimum absolute atomic E-state index is 0.163. The summed E-state index contributed by atoms with van der Waals surface area (Å²) in [5, 5.41) is 3.02. The first kappa shape index (κ1) is 10.5. The highest BCUT2D eigenvalue weighted by atomic mass is 16.5. The van der Waals surface area contributed by atoms with E-state index in [0.717, 1.165) is 25.7 Å². The summed E-state index contributed by atoms with van der Waals surface area (Å²) in [6, 6.07) is 0.254. The highest BCUT2D eigenvalue weighted by Gasteiger charge is 2.27. The van der Waals surface area contributed by atoms with Gasteiger partial charge in [0.2, 0.25) is 5.91 Å². The van der Waals surface area contributed by atoms with E-state index in [1.165, 1.54) is 0 Å². The van der Waals surface area contributed by atoms with Crippen LogP contribution >= 0.6 is 0 Å². The van der Waals surface area contributed by atoms with Gasteiger partial charge in [-0.15, -0.1) is 0 Å². The number of ether oxygens (including phenoxy) is 1. The van der Waals surface area contributed by atoms with E-state index >= 15 is 0 Å². The average molecular weight is 185 g/mol. The van der Waals surface area contributed by atoms with Crippen LogP contribution in [0.2, 0.25) is 0 Å². The van der Waals surface area contributed by atoms with E-state index in [9.17, 15) is 4.79 Å². The fourth-order valence-corrected chi connectivity index (χ4v) is 1.88. The van der Waals surface area contributed by atoms with Gasteiger partial charge in [-0.2, -0.15) is 0 Å². The van der Waals surface area contributed by atoms with E-state index in [2.05, 4.69) is 5.32 Å². The lowest BCUT2D eigenvalue weighted by Crippen LogP contribution is -2.40. The molecule has 1 amide bonds. The molecule has 13 heavy (non-hydrogen) atoms. The molecule has 1 aliphatic carbocycles. The lowest BCUT2D eigenvalue weighted by molar-refractivity contribution is -0.122. The molecule has 0 saturated heterocycles. The van der Waals surface area contributed by atoms with Crippen molar-refractivity contribution in [2.75, 3.05) is 7.11 Å². The maximum absolute atomic E-state index is 11.3. The Balaban J connectivity index is 2.30. The van der Waals surface area contributed by atoms with Crippen LogP contribution < -0.4 is 5.32 Å². The second-order valence-corrected chi connectivity index (χ2v) is 3.63. The van der Waals surface area contributed by atoms with Gasteiger partial charge >= 0.3 is 0 Å². The first-order valence-electron chi connectivity index (χ1n) is 5.10. The number of rotatable bonds is 4. The molecule has 1 N–H and O–H groups in total. The molecule has 0 radical (unpaired) electrons. The largest absolute Gasteiger partial charge is 0.379 e. The SMILES string of the molecule is CCCC(=O)NC1CCCC1OC. The maximum atomic E-state index is 11.3. The van der Waals surface area contributed by atoms with Crippen LogP contribution in [0.1, 0.15) is 39.0 Å². The van der Waals surface area contributed by atoms with E-state index in [1.54, 1.807) is 7.11 Å². The van der Waals surface area contributed by atoms with Crippen LogP contribution in [0, 0.1) is 0 Å². The average Bonchev–Trinajstić information content (AvgIpc) is 2.52.